The molecule has 148 valence electrons. The summed E-state index contributed by atoms with van der Waals surface area (Å²) in [5, 5.41) is 5.90. The smallest absolute Gasteiger partial charge is 0.255 e. The van der Waals surface area contributed by atoms with Crippen LogP contribution in [0.1, 0.15) is 43.0 Å². The van der Waals surface area contributed by atoms with Crippen molar-refractivity contribution >= 4 is 29.3 Å². The van der Waals surface area contributed by atoms with E-state index in [2.05, 4.69) is 10.6 Å². The molecule has 1 aromatic rings. The van der Waals surface area contributed by atoms with E-state index in [1.54, 1.807) is 23.1 Å². The van der Waals surface area contributed by atoms with Crippen molar-refractivity contribution in [2.45, 2.75) is 32.6 Å². The van der Waals surface area contributed by atoms with E-state index >= 15 is 0 Å². The lowest BCUT2D eigenvalue weighted by molar-refractivity contribution is -0.132. The van der Waals surface area contributed by atoms with E-state index in [-0.39, 0.29) is 24.3 Å². The van der Waals surface area contributed by atoms with Gasteiger partial charge in [0.15, 0.2) is 0 Å². The van der Waals surface area contributed by atoms with Crippen LogP contribution in [0.15, 0.2) is 18.2 Å². The second-order valence-electron chi connectivity index (χ2n) is 6.45. The van der Waals surface area contributed by atoms with E-state index in [0.29, 0.717) is 42.6 Å². The van der Waals surface area contributed by atoms with E-state index in [1.807, 2.05) is 0 Å². The molecule has 7 nitrogen and oxygen atoms in total. The summed E-state index contributed by atoms with van der Waals surface area (Å²) < 4.78 is 5.75. The standard InChI is InChI=1S/C19H26ClN3O4/c1-14(24)22-13-18(25)23-9-3-2-8-21-19(26)16-12-15(20)6-7-17(16)27-11-5-4-10-23/h6-7,12H,2-5,8-11,13H2,1H3,(H,21,26)(H,22,24). The molecule has 27 heavy (non-hydrogen) atoms. The third-order valence-electron chi connectivity index (χ3n) is 4.25. The van der Waals surface area contributed by atoms with Gasteiger partial charge in [-0.15, -0.1) is 0 Å². The predicted molar refractivity (Wildman–Crippen MR) is 103 cm³/mol. The molecule has 1 heterocycles. The van der Waals surface area contributed by atoms with Crippen LogP contribution in [-0.4, -0.2) is 55.4 Å². The summed E-state index contributed by atoms with van der Waals surface area (Å²) in [7, 11) is 0. The number of amides is 3. The minimum atomic E-state index is -0.222. The third-order valence-corrected chi connectivity index (χ3v) is 4.48. The number of rotatable bonds is 2. The van der Waals surface area contributed by atoms with Crippen molar-refractivity contribution in [3.63, 3.8) is 0 Å². The van der Waals surface area contributed by atoms with Crippen molar-refractivity contribution in [3.05, 3.63) is 28.8 Å². The lowest BCUT2D eigenvalue weighted by Gasteiger charge is -2.23. The van der Waals surface area contributed by atoms with Crippen molar-refractivity contribution in [1.29, 1.82) is 0 Å². The maximum absolute atomic E-state index is 12.4. The Labute approximate surface area is 164 Å². The van der Waals surface area contributed by atoms with Crippen molar-refractivity contribution in [2.75, 3.05) is 32.8 Å². The zero-order valence-electron chi connectivity index (χ0n) is 15.6. The number of nitrogens with zero attached hydrogens (tertiary/aromatic N) is 1. The maximum Gasteiger partial charge on any atom is 0.255 e. The van der Waals surface area contributed by atoms with Crippen LogP contribution in [0, 0.1) is 0 Å². The van der Waals surface area contributed by atoms with Crippen molar-refractivity contribution in [1.82, 2.24) is 15.5 Å². The fourth-order valence-electron chi connectivity index (χ4n) is 2.79. The fraction of sp³-hybridized carbons (Fsp3) is 0.526. The van der Waals surface area contributed by atoms with Gasteiger partial charge >= 0.3 is 0 Å². The quantitative estimate of drug-likeness (QED) is 0.801. The maximum atomic E-state index is 12.4. The first-order valence-electron chi connectivity index (χ1n) is 9.20. The molecule has 0 unspecified atom stereocenters. The van der Waals surface area contributed by atoms with Gasteiger partial charge in [-0.2, -0.15) is 0 Å². The number of halogens is 1. The Morgan fingerprint density at radius 3 is 2.70 bits per heavy atom. The van der Waals surface area contributed by atoms with E-state index < -0.39 is 0 Å². The Morgan fingerprint density at radius 2 is 1.96 bits per heavy atom. The number of carbonyl (C=O) groups is 3. The van der Waals surface area contributed by atoms with Crippen LogP contribution < -0.4 is 15.4 Å². The molecule has 0 saturated carbocycles. The molecule has 0 radical (unpaired) electrons. The topological polar surface area (TPSA) is 87.7 Å². The summed E-state index contributed by atoms with van der Waals surface area (Å²) >= 11 is 6.01. The largest absolute Gasteiger partial charge is 0.493 e. The summed E-state index contributed by atoms with van der Waals surface area (Å²) in [5.41, 5.74) is 0.437. The average molecular weight is 396 g/mol. The van der Waals surface area contributed by atoms with Gasteiger partial charge in [-0.3, -0.25) is 14.4 Å². The number of hydrogen-bond acceptors (Lipinski definition) is 4. The van der Waals surface area contributed by atoms with Crippen molar-refractivity contribution in [2.24, 2.45) is 0 Å². The molecule has 1 aliphatic heterocycles. The van der Waals surface area contributed by atoms with E-state index in [0.717, 1.165) is 25.7 Å². The molecule has 1 aromatic carbocycles. The fourth-order valence-corrected chi connectivity index (χ4v) is 2.96. The second kappa shape index (κ2) is 10.8. The highest BCUT2D eigenvalue weighted by Gasteiger charge is 2.16. The lowest BCUT2D eigenvalue weighted by atomic mass is 10.1. The number of ether oxygens (including phenoxy) is 1. The van der Waals surface area contributed by atoms with E-state index in [4.69, 9.17) is 16.3 Å². The van der Waals surface area contributed by atoms with Gasteiger partial charge < -0.3 is 20.3 Å². The molecule has 0 bridgehead atoms. The number of benzene rings is 1. The van der Waals surface area contributed by atoms with E-state index in [9.17, 15) is 14.4 Å². The SMILES string of the molecule is CC(=O)NCC(=O)N1CCCCNC(=O)c2cc(Cl)ccc2OCCCC1. The molecule has 0 atom stereocenters. The summed E-state index contributed by atoms with van der Waals surface area (Å²) in [4.78, 5) is 37.5. The van der Waals surface area contributed by atoms with Crippen LogP contribution in [0.25, 0.3) is 0 Å². The Balaban J connectivity index is 1.99. The molecule has 0 spiro atoms. The monoisotopic (exact) mass is 395 g/mol. The molecule has 8 heteroatoms. The van der Waals surface area contributed by atoms with Crippen LogP contribution in [0.4, 0.5) is 0 Å². The van der Waals surface area contributed by atoms with Crippen molar-refractivity contribution < 1.29 is 19.1 Å². The highest BCUT2D eigenvalue weighted by molar-refractivity contribution is 6.31. The van der Waals surface area contributed by atoms with Gasteiger partial charge in [0.2, 0.25) is 11.8 Å². The molecular formula is C19H26ClN3O4. The van der Waals surface area contributed by atoms with Crippen LogP contribution in [0.3, 0.4) is 0 Å². The second-order valence-corrected chi connectivity index (χ2v) is 6.89. The molecule has 3 amide bonds. The predicted octanol–water partition coefficient (Wildman–Crippen LogP) is 1.99. The normalized spacial score (nSPS) is 16.4. The average Bonchev–Trinajstić information content (AvgIpc) is 2.64. The highest BCUT2D eigenvalue weighted by Crippen LogP contribution is 2.23. The molecular weight excluding hydrogens is 370 g/mol. The first-order chi connectivity index (χ1) is 13.0. The summed E-state index contributed by atoms with van der Waals surface area (Å²) in [6, 6.07) is 5.01. The Morgan fingerprint density at radius 1 is 1.22 bits per heavy atom. The molecule has 0 saturated heterocycles. The Bertz CT molecular complexity index is 681. The highest BCUT2D eigenvalue weighted by atomic mass is 35.5. The molecule has 0 aliphatic carbocycles. The van der Waals surface area contributed by atoms with E-state index in [1.165, 1.54) is 6.92 Å². The van der Waals surface area contributed by atoms with Crippen LogP contribution in [0.5, 0.6) is 5.75 Å². The van der Waals surface area contributed by atoms with Gasteiger partial charge in [-0.05, 0) is 43.9 Å². The number of hydrogen-bond donors (Lipinski definition) is 2. The van der Waals surface area contributed by atoms with Crippen LogP contribution in [-0.2, 0) is 9.59 Å². The van der Waals surface area contributed by atoms with Gasteiger partial charge in [0.25, 0.3) is 5.91 Å². The minimum absolute atomic E-state index is 0.0106. The Hall–Kier alpha value is -2.28. The van der Waals surface area contributed by atoms with Crippen LogP contribution in [0.2, 0.25) is 5.02 Å². The third kappa shape index (κ3) is 7.09. The number of carbonyl (C=O) groups excluding carboxylic acids is 3. The van der Waals surface area contributed by atoms with Crippen molar-refractivity contribution in [3.8, 4) is 5.75 Å². The summed E-state index contributed by atoms with van der Waals surface area (Å²) in [6.07, 6.45) is 3.03. The molecule has 2 rings (SSSR count). The summed E-state index contributed by atoms with van der Waals surface area (Å²) in [6.45, 7) is 3.55. The zero-order valence-corrected chi connectivity index (χ0v) is 16.3. The zero-order chi connectivity index (χ0) is 19.6. The van der Waals surface area contributed by atoms with Gasteiger partial charge in [-0.25, -0.2) is 0 Å². The first-order valence-corrected chi connectivity index (χ1v) is 9.58. The van der Waals surface area contributed by atoms with Crippen LogP contribution >= 0.6 is 11.6 Å². The van der Waals surface area contributed by atoms with Gasteiger partial charge in [-0.1, -0.05) is 11.6 Å². The lowest BCUT2D eigenvalue weighted by Crippen LogP contribution is -2.41. The minimum Gasteiger partial charge on any atom is -0.493 e. The Kier molecular flexibility index (Phi) is 8.39. The molecule has 0 aromatic heterocycles. The number of nitrogens with one attached hydrogen (secondary N) is 2. The van der Waals surface area contributed by atoms with Gasteiger partial charge in [0.1, 0.15) is 5.75 Å². The van der Waals surface area contributed by atoms with Gasteiger partial charge in [0.05, 0.1) is 18.7 Å². The molecule has 1 aliphatic rings. The molecule has 0 fully saturated rings. The molecule has 2 N–H and O–H groups in total. The van der Waals surface area contributed by atoms with Gasteiger partial charge in [0, 0.05) is 31.6 Å². The first kappa shape index (κ1) is 21.0. The number of fused-ring (bicyclic) bond motifs is 1. The summed E-state index contributed by atoms with van der Waals surface area (Å²) in [5.74, 6) is -0.0294.